The number of hydrogen-bond donors (Lipinski definition) is 1. The molecule has 1 saturated carbocycles. The van der Waals surface area contributed by atoms with E-state index in [4.69, 9.17) is 0 Å². The van der Waals surface area contributed by atoms with Crippen LogP contribution in [0.5, 0.6) is 0 Å². The molecule has 2 fully saturated rings. The molecule has 1 saturated heterocycles. The van der Waals surface area contributed by atoms with E-state index in [9.17, 15) is 4.79 Å². The van der Waals surface area contributed by atoms with Gasteiger partial charge in [0.2, 0.25) is 5.95 Å². The Morgan fingerprint density at radius 1 is 0.962 bits per heavy atom. The second kappa shape index (κ2) is 7.68. The smallest absolute Gasteiger partial charge is 0.270 e. The fourth-order valence-corrected chi connectivity index (χ4v) is 3.63. The summed E-state index contributed by atoms with van der Waals surface area (Å²) in [6, 6.07) is 7.95. The van der Waals surface area contributed by atoms with E-state index in [0.29, 0.717) is 17.7 Å². The lowest BCUT2D eigenvalue weighted by atomic mass is 10.2. The van der Waals surface area contributed by atoms with Crippen LogP contribution in [-0.2, 0) is 0 Å². The first-order valence-corrected chi connectivity index (χ1v) is 9.34. The molecule has 1 N–H and O–H groups in total. The maximum Gasteiger partial charge on any atom is 0.270 e. The number of carbonyl (C=O) groups is 1. The number of aromatic nitrogens is 3. The van der Waals surface area contributed by atoms with Crippen molar-refractivity contribution in [2.75, 3.05) is 36.0 Å². The summed E-state index contributed by atoms with van der Waals surface area (Å²) in [5.74, 6) is 1.54. The highest BCUT2D eigenvalue weighted by atomic mass is 16.1. The minimum Gasteiger partial charge on any atom is -0.353 e. The fraction of sp³-hybridized carbons (Fsp3) is 0.474. The predicted octanol–water partition coefficient (Wildman–Crippen LogP) is 1.87. The third kappa shape index (κ3) is 3.76. The third-order valence-corrected chi connectivity index (χ3v) is 5.10. The van der Waals surface area contributed by atoms with Crippen LogP contribution in [0, 0.1) is 0 Å². The number of carbonyl (C=O) groups excluding carboxylic acids is 1. The highest BCUT2D eigenvalue weighted by Crippen LogP contribution is 2.19. The van der Waals surface area contributed by atoms with Gasteiger partial charge in [0.05, 0.1) is 0 Å². The van der Waals surface area contributed by atoms with Gasteiger partial charge in [-0.15, -0.1) is 0 Å². The number of amides is 1. The first kappa shape index (κ1) is 16.8. The normalized spacial score (nSPS) is 18.2. The lowest BCUT2D eigenvalue weighted by molar-refractivity contribution is 0.0932. The van der Waals surface area contributed by atoms with Crippen LogP contribution in [0.25, 0.3) is 0 Å². The molecular weight excluding hydrogens is 328 g/mol. The van der Waals surface area contributed by atoms with E-state index in [0.717, 1.165) is 44.8 Å². The number of anilines is 2. The minimum absolute atomic E-state index is 0.0901. The molecule has 4 rings (SSSR count). The Balaban J connectivity index is 1.38. The topological polar surface area (TPSA) is 74.2 Å². The van der Waals surface area contributed by atoms with E-state index < -0.39 is 0 Å². The summed E-state index contributed by atoms with van der Waals surface area (Å²) in [4.78, 5) is 30.1. The zero-order valence-corrected chi connectivity index (χ0v) is 14.8. The second-order valence-corrected chi connectivity index (χ2v) is 6.86. The van der Waals surface area contributed by atoms with Crippen molar-refractivity contribution in [2.24, 2.45) is 0 Å². The summed E-state index contributed by atoms with van der Waals surface area (Å²) in [5, 5.41) is 3.09. The van der Waals surface area contributed by atoms with Crippen molar-refractivity contribution in [2.45, 2.75) is 31.7 Å². The van der Waals surface area contributed by atoms with Gasteiger partial charge in [-0.05, 0) is 31.0 Å². The number of hydrogen-bond acceptors (Lipinski definition) is 6. The molecule has 7 nitrogen and oxygen atoms in total. The first-order valence-electron chi connectivity index (χ1n) is 9.34. The number of nitrogens with zero attached hydrogens (tertiary/aromatic N) is 5. The van der Waals surface area contributed by atoms with E-state index in [1.165, 1.54) is 12.8 Å². The van der Waals surface area contributed by atoms with Crippen LogP contribution in [0.3, 0.4) is 0 Å². The van der Waals surface area contributed by atoms with Gasteiger partial charge in [-0.25, -0.2) is 15.0 Å². The molecule has 0 atom stereocenters. The van der Waals surface area contributed by atoms with Crippen molar-refractivity contribution in [3.63, 3.8) is 0 Å². The SMILES string of the molecule is O=C(NC1CCCC1)c1ccnc(N2CCN(c3ccccn3)CC2)n1. The molecule has 2 aliphatic rings. The molecule has 0 spiro atoms. The van der Waals surface area contributed by atoms with E-state index >= 15 is 0 Å². The van der Waals surface area contributed by atoms with Gasteiger partial charge in [0.15, 0.2) is 0 Å². The van der Waals surface area contributed by atoms with Crippen molar-refractivity contribution < 1.29 is 4.79 Å². The summed E-state index contributed by atoms with van der Waals surface area (Å²) in [7, 11) is 0. The van der Waals surface area contributed by atoms with E-state index in [1.807, 2.05) is 24.4 Å². The molecule has 2 aromatic heterocycles. The average Bonchev–Trinajstić information content (AvgIpc) is 3.22. The highest BCUT2D eigenvalue weighted by molar-refractivity contribution is 5.92. The van der Waals surface area contributed by atoms with Crippen molar-refractivity contribution >= 4 is 17.7 Å². The number of piperazine rings is 1. The molecule has 1 aliphatic heterocycles. The summed E-state index contributed by atoms with van der Waals surface area (Å²) in [6.07, 6.45) is 8.02. The summed E-state index contributed by atoms with van der Waals surface area (Å²) in [5.41, 5.74) is 0.453. The maximum absolute atomic E-state index is 12.4. The van der Waals surface area contributed by atoms with Crippen LogP contribution in [0.1, 0.15) is 36.2 Å². The van der Waals surface area contributed by atoms with Crippen LogP contribution in [0.2, 0.25) is 0 Å². The van der Waals surface area contributed by atoms with Gasteiger partial charge in [0, 0.05) is 44.6 Å². The first-order chi connectivity index (χ1) is 12.8. The van der Waals surface area contributed by atoms with Gasteiger partial charge in [0.25, 0.3) is 5.91 Å². The molecule has 136 valence electrons. The summed E-state index contributed by atoms with van der Waals surface area (Å²) >= 11 is 0. The molecule has 3 heterocycles. The molecule has 0 aromatic carbocycles. The lowest BCUT2D eigenvalue weighted by Crippen LogP contribution is -2.47. The van der Waals surface area contributed by atoms with Crippen LogP contribution in [0.15, 0.2) is 36.7 Å². The number of rotatable bonds is 4. The van der Waals surface area contributed by atoms with Crippen LogP contribution in [-0.4, -0.2) is 53.1 Å². The molecule has 0 unspecified atom stereocenters. The third-order valence-electron chi connectivity index (χ3n) is 5.10. The van der Waals surface area contributed by atoms with E-state index in [-0.39, 0.29) is 5.91 Å². The van der Waals surface area contributed by atoms with Gasteiger partial charge in [-0.1, -0.05) is 18.9 Å². The van der Waals surface area contributed by atoms with Gasteiger partial charge < -0.3 is 15.1 Å². The molecule has 1 amide bonds. The van der Waals surface area contributed by atoms with Crippen LogP contribution < -0.4 is 15.1 Å². The second-order valence-electron chi connectivity index (χ2n) is 6.86. The average molecular weight is 352 g/mol. The van der Waals surface area contributed by atoms with Crippen LogP contribution >= 0.6 is 0 Å². The molecule has 2 aromatic rings. The Kier molecular flexibility index (Phi) is 4.95. The van der Waals surface area contributed by atoms with Crippen molar-refractivity contribution in [3.05, 3.63) is 42.4 Å². The molecule has 26 heavy (non-hydrogen) atoms. The lowest BCUT2D eigenvalue weighted by Gasteiger charge is -2.35. The standard InChI is InChI=1S/C19H24N6O/c26-18(22-15-5-1-2-6-15)16-8-10-21-19(23-16)25-13-11-24(12-14-25)17-7-3-4-9-20-17/h3-4,7-10,15H,1-2,5-6,11-14H2,(H,22,26). The molecule has 0 bridgehead atoms. The zero-order chi connectivity index (χ0) is 17.8. The summed E-state index contributed by atoms with van der Waals surface area (Å²) in [6.45, 7) is 3.34. The van der Waals surface area contributed by atoms with Gasteiger partial charge in [-0.3, -0.25) is 4.79 Å². The Hall–Kier alpha value is -2.70. The van der Waals surface area contributed by atoms with Crippen molar-refractivity contribution in [1.29, 1.82) is 0 Å². The fourth-order valence-electron chi connectivity index (χ4n) is 3.63. The molecular formula is C19H24N6O. The quantitative estimate of drug-likeness (QED) is 0.905. The van der Waals surface area contributed by atoms with Crippen LogP contribution in [0.4, 0.5) is 11.8 Å². The Morgan fingerprint density at radius 2 is 1.73 bits per heavy atom. The van der Waals surface area contributed by atoms with Gasteiger partial charge in [0.1, 0.15) is 11.5 Å². The Morgan fingerprint density at radius 3 is 2.46 bits per heavy atom. The molecule has 0 radical (unpaired) electrons. The number of pyridine rings is 1. The summed E-state index contributed by atoms with van der Waals surface area (Å²) < 4.78 is 0. The largest absolute Gasteiger partial charge is 0.353 e. The molecule has 1 aliphatic carbocycles. The monoisotopic (exact) mass is 352 g/mol. The zero-order valence-electron chi connectivity index (χ0n) is 14.8. The Bertz CT molecular complexity index is 739. The predicted molar refractivity (Wildman–Crippen MR) is 100 cm³/mol. The minimum atomic E-state index is -0.0901. The number of nitrogens with one attached hydrogen (secondary N) is 1. The van der Waals surface area contributed by atoms with E-state index in [2.05, 4.69) is 30.1 Å². The highest BCUT2D eigenvalue weighted by Gasteiger charge is 2.22. The van der Waals surface area contributed by atoms with Crippen molar-refractivity contribution in [3.8, 4) is 0 Å². The van der Waals surface area contributed by atoms with E-state index in [1.54, 1.807) is 12.3 Å². The molecule has 7 heteroatoms. The Labute approximate surface area is 153 Å². The van der Waals surface area contributed by atoms with Gasteiger partial charge in [-0.2, -0.15) is 0 Å². The van der Waals surface area contributed by atoms with Gasteiger partial charge >= 0.3 is 0 Å². The van der Waals surface area contributed by atoms with Crippen molar-refractivity contribution in [1.82, 2.24) is 20.3 Å². The maximum atomic E-state index is 12.4.